The fourth-order valence-electron chi connectivity index (χ4n) is 1.36. The first-order valence-electron chi connectivity index (χ1n) is 4.94. The third-order valence-electron chi connectivity index (χ3n) is 2.18. The maximum absolute atomic E-state index is 9.59. The molecule has 3 nitrogen and oxygen atoms in total. The van der Waals surface area contributed by atoms with Crippen molar-refractivity contribution in [2.45, 2.75) is 12.8 Å². The first-order chi connectivity index (χ1) is 7.75. The van der Waals surface area contributed by atoms with E-state index in [2.05, 4.69) is 21.2 Å². The van der Waals surface area contributed by atoms with Crippen molar-refractivity contribution in [2.24, 2.45) is 0 Å². The number of aliphatic hydroxyl groups excluding tert-OH is 1. The SMILES string of the molecule is OC1NC=C(Br)C=C1OCc1ccccc1. The molecule has 0 aliphatic carbocycles. The highest BCUT2D eigenvalue weighted by atomic mass is 79.9. The fourth-order valence-corrected chi connectivity index (χ4v) is 1.72. The molecule has 16 heavy (non-hydrogen) atoms. The van der Waals surface area contributed by atoms with E-state index in [9.17, 15) is 5.11 Å². The largest absolute Gasteiger partial charge is 0.488 e. The number of rotatable bonds is 3. The van der Waals surface area contributed by atoms with E-state index in [1.165, 1.54) is 0 Å². The molecule has 1 aromatic carbocycles. The van der Waals surface area contributed by atoms with E-state index in [1.54, 1.807) is 12.3 Å². The Morgan fingerprint density at radius 2 is 2.06 bits per heavy atom. The first kappa shape index (κ1) is 11.2. The van der Waals surface area contributed by atoms with E-state index < -0.39 is 6.23 Å². The summed E-state index contributed by atoms with van der Waals surface area (Å²) in [7, 11) is 0. The lowest BCUT2D eigenvalue weighted by Crippen LogP contribution is -2.29. The van der Waals surface area contributed by atoms with Crippen LogP contribution in [0.3, 0.4) is 0 Å². The van der Waals surface area contributed by atoms with Crippen LogP contribution in [0.2, 0.25) is 0 Å². The topological polar surface area (TPSA) is 41.5 Å². The molecule has 84 valence electrons. The average Bonchev–Trinajstić information content (AvgIpc) is 2.32. The summed E-state index contributed by atoms with van der Waals surface area (Å²) in [4.78, 5) is 0. The summed E-state index contributed by atoms with van der Waals surface area (Å²) < 4.78 is 6.38. The van der Waals surface area contributed by atoms with Gasteiger partial charge in [0, 0.05) is 10.7 Å². The number of benzene rings is 1. The highest BCUT2D eigenvalue weighted by Gasteiger charge is 2.14. The van der Waals surface area contributed by atoms with Crippen molar-refractivity contribution in [3.8, 4) is 0 Å². The molecule has 0 saturated heterocycles. The van der Waals surface area contributed by atoms with Gasteiger partial charge < -0.3 is 15.2 Å². The zero-order valence-corrected chi connectivity index (χ0v) is 10.1. The minimum absolute atomic E-state index is 0.450. The second kappa shape index (κ2) is 5.18. The number of dihydropyridines is 1. The molecular weight excluding hydrogens is 270 g/mol. The van der Waals surface area contributed by atoms with Crippen LogP contribution in [0.15, 0.2) is 52.8 Å². The van der Waals surface area contributed by atoms with E-state index in [4.69, 9.17) is 4.74 Å². The normalized spacial score (nSPS) is 19.5. The smallest absolute Gasteiger partial charge is 0.183 e. The van der Waals surface area contributed by atoms with Crippen molar-refractivity contribution in [1.82, 2.24) is 5.32 Å². The van der Waals surface area contributed by atoms with Crippen LogP contribution in [0.1, 0.15) is 5.56 Å². The van der Waals surface area contributed by atoms with Gasteiger partial charge in [0.1, 0.15) is 12.4 Å². The van der Waals surface area contributed by atoms with Gasteiger partial charge >= 0.3 is 0 Å². The van der Waals surface area contributed by atoms with Crippen molar-refractivity contribution in [2.75, 3.05) is 0 Å². The van der Waals surface area contributed by atoms with Gasteiger partial charge in [0.15, 0.2) is 6.23 Å². The monoisotopic (exact) mass is 281 g/mol. The minimum Gasteiger partial charge on any atom is -0.488 e. The molecule has 1 aliphatic heterocycles. The van der Waals surface area contributed by atoms with E-state index in [0.29, 0.717) is 12.4 Å². The van der Waals surface area contributed by atoms with Crippen molar-refractivity contribution in [1.29, 1.82) is 0 Å². The van der Waals surface area contributed by atoms with Crippen molar-refractivity contribution < 1.29 is 9.84 Å². The summed E-state index contributed by atoms with van der Waals surface area (Å²) in [6, 6.07) is 9.83. The summed E-state index contributed by atoms with van der Waals surface area (Å²) in [5.41, 5.74) is 1.07. The predicted molar refractivity (Wildman–Crippen MR) is 65.5 cm³/mol. The van der Waals surface area contributed by atoms with Crippen LogP contribution in [0.4, 0.5) is 0 Å². The van der Waals surface area contributed by atoms with Crippen LogP contribution in [0.5, 0.6) is 0 Å². The Bertz CT molecular complexity index is 414. The van der Waals surface area contributed by atoms with E-state index >= 15 is 0 Å². The Labute approximate surface area is 103 Å². The average molecular weight is 282 g/mol. The van der Waals surface area contributed by atoms with Crippen LogP contribution in [-0.2, 0) is 11.3 Å². The van der Waals surface area contributed by atoms with Crippen LogP contribution in [0.25, 0.3) is 0 Å². The van der Waals surface area contributed by atoms with E-state index in [1.807, 2.05) is 30.3 Å². The molecule has 0 bridgehead atoms. The Morgan fingerprint density at radius 1 is 1.31 bits per heavy atom. The van der Waals surface area contributed by atoms with E-state index in [0.717, 1.165) is 10.0 Å². The molecule has 0 aromatic heterocycles. The maximum Gasteiger partial charge on any atom is 0.183 e. The molecular formula is C12H12BrNO2. The van der Waals surface area contributed by atoms with Gasteiger partial charge in [0.05, 0.1) is 0 Å². The fraction of sp³-hybridized carbons (Fsp3) is 0.167. The Balaban J connectivity index is 1.98. The lowest BCUT2D eigenvalue weighted by molar-refractivity contribution is 0.0805. The molecule has 1 aromatic rings. The van der Waals surface area contributed by atoms with Gasteiger partial charge in [-0.1, -0.05) is 30.3 Å². The van der Waals surface area contributed by atoms with Crippen molar-refractivity contribution in [3.63, 3.8) is 0 Å². The zero-order chi connectivity index (χ0) is 11.4. The predicted octanol–water partition coefficient (Wildman–Crippen LogP) is 2.25. The molecule has 0 amide bonds. The van der Waals surface area contributed by atoms with Crippen LogP contribution >= 0.6 is 15.9 Å². The van der Waals surface area contributed by atoms with Crippen molar-refractivity contribution >= 4 is 15.9 Å². The molecule has 0 spiro atoms. The second-order valence-corrected chi connectivity index (χ2v) is 4.34. The summed E-state index contributed by atoms with van der Waals surface area (Å²) in [6.07, 6.45) is 2.66. The number of halogens is 1. The zero-order valence-electron chi connectivity index (χ0n) is 8.56. The van der Waals surface area contributed by atoms with Crippen LogP contribution in [0, 0.1) is 0 Å². The third kappa shape index (κ3) is 2.87. The van der Waals surface area contributed by atoms with Gasteiger partial charge in [-0.15, -0.1) is 0 Å². The Morgan fingerprint density at radius 3 is 2.81 bits per heavy atom. The summed E-state index contributed by atoms with van der Waals surface area (Å²) >= 11 is 3.31. The number of ether oxygens (including phenoxy) is 1. The molecule has 0 fully saturated rings. The number of nitrogens with one attached hydrogen (secondary N) is 1. The van der Waals surface area contributed by atoms with Gasteiger partial charge in [0.25, 0.3) is 0 Å². The first-order valence-corrected chi connectivity index (χ1v) is 5.73. The number of aliphatic hydroxyl groups is 1. The van der Waals surface area contributed by atoms with Gasteiger partial charge in [-0.3, -0.25) is 0 Å². The highest BCUT2D eigenvalue weighted by molar-refractivity contribution is 9.11. The molecule has 2 rings (SSSR count). The molecule has 1 unspecified atom stereocenters. The molecule has 4 heteroatoms. The summed E-state index contributed by atoms with van der Waals surface area (Å²) in [6.45, 7) is 0.450. The minimum atomic E-state index is -0.773. The number of hydrogen-bond acceptors (Lipinski definition) is 3. The van der Waals surface area contributed by atoms with E-state index in [-0.39, 0.29) is 0 Å². The number of allylic oxidation sites excluding steroid dienone is 2. The second-order valence-electron chi connectivity index (χ2n) is 3.42. The Hall–Kier alpha value is -1.26. The molecule has 0 radical (unpaired) electrons. The lowest BCUT2D eigenvalue weighted by Gasteiger charge is -2.20. The summed E-state index contributed by atoms with van der Waals surface area (Å²) in [5, 5.41) is 12.4. The van der Waals surface area contributed by atoms with Gasteiger partial charge in [0.2, 0.25) is 0 Å². The lowest BCUT2D eigenvalue weighted by atomic mass is 10.2. The van der Waals surface area contributed by atoms with Gasteiger partial charge in [-0.05, 0) is 27.6 Å². The maximum atomic E-state index is 9.59. The number of hydrogen-bond donors (Lipinski definition) is 2. The highest BCUT2D eigenvalue weighted by Crippen LogP contribution is 2.18. The van der Waals surface area contributed by atoms with Crippen molar-refractivity contribution in [3.05, 3.63) is 58.4 Å². The molecule has 1 aliphatic rings. The Kier molecular flexibility index (Phi) is 3.64. The molecule has 0 saturated carbocycles. The molecule has 2 N–H and O–H groups in total. The third-order valence-corrected chi connectivity index (χ3v) is 2.63. The standard InChI is InChI=1S/C12H12BrNO2/c13-10-6-11(12(15)14-7-10)16-8-9-4-2-1-3-5-9/h1-7,12,14-15H,8H2. The van der Waals surface area contributed by atoms with Crippen LogP contribution < -0.4 is 5.32 Å². The van der Waals surface area contributed by atoms with Gasteiger partial charge in [-0.25, -0.2) is 0 Å². The van der Waals surface area contributed by atoms with Gasteiger partial charge in [-0.2, -0.15) is 0 Å². The summed E-state index contributed by atoms with van der Waals surface area (Å²) in [5.74, 6) is 0.512. The van der Waals surface area contributed by atoms with Crippen LogP contribution in [-0.4, -0.2) is 11.3 Å². The molecule has 1 atom stereocenters. The quantitative estimate of drug-likeness (QED) is 0.893. The molecule has 1 heterocycles.